The summed E-state index contributed by atoms with van der Waals surface area (Å²) in [5, 5.41) is 0. The molecule has 3 rings (SSSR count). The Morgan fingerprint density at radius 1 is 1.41 bits per heavy atom. The van der Waals surface area contributed by atoms with Crippen LogP contribution < -0.4 is 5.73 Å². The summed E-state index contributed by atoms with van der Waals surface area (Å²) in [5.41, 5.74) is 7.22. The van der Waals surface area contributed by atoms with E-state index in [-0.39, 0.29) is 6.04 Å². The smallest absolute Gasteiger partial charge is 0.192 e. The lowest BCUT2D eigenvalue weighted by Crippen LogP contribution is -2.41. The van der Waals surface area contributed by atoms with Crippen LogP contribution in [-0.4, -0.2) is 33.0 Å². The van der Waals surface area contributed by atoms with E-state index in [0.717, 1.165) is 6.54 Å². The molecule has 5 nitrogen and oxygen atoms in total. The normalized spacial score (nSPS) is 24.5. The predicted octanol–water partition coefficient (Wildman–Crippen LogP) is 1.30. The van der Waals surface area contributed by atoms with Crippen molar-refractivity contribution in [1.29, 1.82) is 0 Å². The standard InChI is InChI=1S/C12H19N5/c1-8(2)17-11(6-15-12(17)13)10-5-14-7-16(10)9-3-4-9/h5,7-9,11H,3-4,6H2,1-2H3,(H2,13,15). The van der Waals surface area contributed by atoms with Crippen molar-refractivity contribution in [1.82, 2.24) is 14.5 Å². The van der Waals surface area contributed by atoms with Gasteiger partial charge in [-0.3, -0.25) is 4.99 Å². The number of rotatable bonds is 3. The number of guanidine groups is 1. The van der Waals surface area contributed by atoms with Crippen LogP contribution in [-0.2, 0) is 0 Å². The van der Waals surface area contributed by atoms with Gasteiger partial charge in [-0.25, -0.2) is 4.98 Å². The van der Waals surface area contributed by atoms with Crippen molar-refractivity contribution in [3.63, 3.8) is 0 Å². The van der Waals surface area contributed by atoms with Gasteiger partial charge in [0.05, 0.1) is 30.8 Å². The summed E-state index contributed by atoms with van der Waals surface area (Å²) >= 11 is 0. The van der Waals surface area contributed by atoms with Gasteiger partial charge in [-0.15, -0.1) is 0 Å². The van der Waals surface area contributed by atoms with E-state index in [0.29, 0.717) is 18.0 Å². The number of nitrogens with two attached hydrogens (primary N) is 1. The van der Waals surface area contributed by atoms with Crippen molar-refractivity contribution in [2.24, 2.45) is 10.7 Å². The highest BCUT2D eigenvalue weighted by Gasteiger charge is 2.34. The van der Waals surface area contributed by atoms with E-state index >= 15 is 0 Å². The molecule has 0 amide bonds. The van der Waals surface area contributed by atoms with E-state index in [1.165, 1.54) is 18.5 Å². The van der Waals surface area contributed by atoms with E-state index in [2.05, 4.69) is 33.3 Å². The highest BCUT2D eigenvalue weighted by molar-refractivity contribution is 5.80. The Bertz CT molecular complexity index is 444. The minimum atomic E-state index is 0.262. The molecule has 0 radical (unpaired) electrons. The fraction of sp³-hybridized carbons (Fsp3) is 0.667. The molecule has 1 aromatic heterocycles. The average Bonchev–Trinajstić information content (AvgIpc) is 2.88. The average molecular weight is 233 g/mol. The van der Waals surface area contributed by atoms with Gasteiger partial charge in [-0.1, -0.05) is 0 Å². The first-order valence-electron chi connectivity index (χ1n) is 6.28. The highest BCUT2D eigenvalue weighted by Crippen LogP contribution is 2.38. The summed E-state index contributed by atoms with van der Waals surface area (Å²) in [5.74, 6) is 0.661. The summed E-state index contributed by atoms with van der Waals surface area (Å²) in [7, 11) is 0. The van der Waals surface area contributed by atoms with Crippen LogP contribution >= 0.6 is 0 Å². The van der Waals surface area contributed by atoms with Gasteiger partial charge in [-0.05, 0) is 26.7 Å². The number of hydrogen-bond donors (Lipinski definition) is 1. The molecule has 2 heterocycles. The second-order valence-corrected chi connectivity index (χ2v) is 5.17. The monoisotopic (exact) mass is 233 g/mol. The summed E-state index contributed by atoms with van der Waals surface area (Å²) in [6.07, 6.45) is 6.45. The molecule has 5 heteroatoms. The maximum Gasteiger partial charge on any atom is 0.192 e. The first-order chi connectivity index (χ1) is 8.18. The molecule has 0 spiro atoms. The van der Waals surface area contributed by atoms with Crippen molar-refractivity contribution in [3.05, 3.63) is 18.2 Å². The van der Waals surface area contributed by atoms with Gasteiger partial charge in [0.25, 0.3) is 0 Å². The zero-order chi connectivity index (χ0) is 12.0. The SMILES string of the molecule is CC(C)N1C(N)=NCC1c1cncn1C1CC1. The van der Waals surface area contributed by atoms with Crippen molar-refractivity contribution < 1.29 is 0 Å². The fourth-order valence-electron chi connectivity index (χ4n) is 2.60. The van der Waals surface area contributed by atoms with Crippen LogP contribution in [0.1, 0.15) is 44.5 Å². The first kappa shape index (κ1) is 10.6. The zero-order valence-corrected chi connectivity index (χ0v) is 10.4. The number of nitrogens with zero attached hydrogens (tertiary/aromatic N) is 4. The second-order valence-electron chi connectivity index (χ2n) is 5.17. The lowest BCUT2D eigenvalue weighted by atomic mass is 10.1. The molecule has 1 fully saturated rings. The van der Waals surface area contributed by atoms with Gasteiger partial charge in [-0.2, -0.15) is 0 Å². The molecule has 1 unspecified atom stereocenters. The molecule has 1 saturated carbocycles. The topological polar surface area (TPSA) is 59.4 Å². The van der Waals surface area contributed by atoms with Gasteiger partial charge in [0.1, 0.15) is 0 Å². The van der Waals surface area contributed by atoms with Crippen LogP contribution in [0.5, 0.6) is 0 Å². The van der Waals surface area contributed by atoms with Gasteiger partial charge in [0.2, 0.25) is 0 Å². The molecule has 17 heavy (non-hydrogen) atoms. The molecule has 1 aromatic rings. The van der Waals surface area contributed by atoms with Crippen LogP contribution in [0.25, 0.3) is 0 Å². The summed E-state index contributed by atoms with van der Waals surface area (Å²) < 4.78 is 2.30. The largest absolute Gasteiger partial charge is 0.370 e. The summed E-state index contributed by atoms with van der Waals surface area (Å²) in [6, 6.07) is 1.29. The minimum absolute atomic E-state index is 0.262. The maximum absolute atomic E-state index is 5.96. The van der Waals surface area contributed by atoms with E-state index in [9.17, 15) is 0 Å². The molecular formula is C12H19N5. The van der Waals surface area contributed by atoms with Gasteiger partial charge < -0.3 is 15.2 Å². The van der Waals surface area contributed by atoms with E-state index in [1.807, 2.05) is 12.5 Å². The molecule has 2 N–H and O–H groups in total. The minimum Gasteiger partial charge on any atom is -0.370 e. The molecular weight excluding hydrogens is 214 g/mol. The van der Waals surface area contributed by atoms with Crippen molar-refractivity contribution in [2.75, 3.05) is 6.54 Å². The van der Waals surface area contributed by atoms with Gasteiger partial charge in [0.15, 0.2) is 5.96 Å². The number of imidazole rings is 1. The fourth-order valence-corrected chi connectivity index (χ4v) is 2.60. The third-order valence-corrected chi connectivity index (χ3v) is 3.56. The van der Waals surface area contributed by atoms with Crippen molar-refractivity contribution in [3.8, 4) is 0 Å². The Balaban J connectivity index is 1.91. The molecule has 2 aliphatic rings. The highest BCUT2D eigenvalue weighted by atomic mass is 15.4. The summed E-state index contributed by atoms with van der Waals surface area (Å²) in [6.45, 7) is 5.06. The van der Waals surface area contributed by atoms with Gasteiger partial charge >= 0.3 is 0 Å². The molecule has 92 valence electrons. The number of hydrogen-bond acceptors (Lipinski definition) is 4. The van der Waals surface area contributed by atoms with Gasteiger partial charge in [0, 0.05) is 12.1 Å². The first-order valence-corrected chi connectivity index (χ1v) is 6.28. The van der Waals surface area contributed by atoms with E-state index in [1.54, 1.807) is 0 Å². The third-order valence-electron chi connectivity index (χ3n) is 3.56. The lowest BCUT2D eigenvalue weighted by Gasteiger charge is -2.30. The van der Waals surface area contributed by atoms with Crippen LogP contribution in [0.3, 0.4) is 0 Å². The predicted molar refractivity (Wildman–Crippen MR) is 66.7 cm³/mol. The Hall–Kier alpha value is -1.52. The molecule has 1 atom stereocenters. The third kappa shape index (κ3) is 1.69. The van der Waals surface area contributed by atoms with Crippen molar-refractivity contribution in [2.45, 2.75) is 44.8 Å². The van der Waals surface area contributed by atoms with Crippen LogP contribution in [0.2, 0.25) is 0 Å². The Kier molecular flexibility index (Phi) is 2.34. The Labute approximate surface area is 101 Å². The number of aromatic nitrogens is 2. The summed E-state index contributed by atoms with van der Waals surface area (Å²) in [4.78, 5) is 10.9. The molecule has 0 aromatic carbocycles. The molecule has 0 saturated heterocycles. The molecule has 0 bridgehead atoms. The second kappa shape index (κ2) is 3.75. The zero-order valence-electron chi connectivity index (χ0n) is 10.4. The molecule has 1 aliphatic carbocycles. The molecule has 1 aliphatic heterocycles. The van der Waals surface area contributed by atoms with Crippen LogP contribution in [0, 0.1) is 0 Å². The quantitative estimate of drug-likeness (QED) is 0.856. The van der Waals surface area contributed by atoms with E-state index < -0.39 is 0 Å². The maximum atomic E-state index is 5.96. The Morgan fingerprint density at radius 2 is 2.18 bits per heavy atom. The Morgan fingerprint density at radius 3 is 2.82 bits per heavy atom. The number of aliphatic imine (C=N–C) groups is 1. The van der Waals surface area contributed by atoms with Crippen LogP contribution in [0.4, 0.5) is 0 Å². The van der Waals surface area contributed by atoms with E-state index in [4.69, 9.17) is 5.73 Å². The van der Waals surface area contributed by atoms with Crippen molar-refractivity contribution >= 4 is 5.96 Å². The van der Waals surface area contributed by atoms with Crippen LogP contribution in [0.15, 0.2) is 17.5 Å². The lowest BCUT2D eigenvalue weighted by molar-refractivity contribution is 0.279.